The van der Waals surface area contributed by atoms with E-state index in [0.717, 1.165) is 13.8 Å². The average molecular weight is 500 g/mol. The Labute approximate surface area is 193 Å². The Bertz CT molecular complexity index is 730. The molecule has 4 unspecified atom stereocenters. The summed E-state index contributed by atoms with van der Waals surface area (Å²) >= 11 is 0. The van der Waals surface area contributed by atoms with Gasteiger partial charge in [-0.25, -0.2) is 0 Å². The topological polar surface area (TPSA) is 264 Å². The molecule has 0 bridgehead atoms. The van der Waals surface area contributed by atoms with Gasteiger partial charge in [0, 0.05) is 6.92 Å². The van der Waals surface area contributed by atoms with Crippen molar-refractivity contribution in [3.05, 3.63) is 0 Å². The zero-order valence-corrected chi connectivity index (χ0v) is 18.4. The van der Waals surface area contributed by atoms with Gasteiger partial charge in [0.05, 0.1) is 19.8 Å². The zero-order valence-electron chi connectivity index (χ0n) is 18.4. The molecule has 15 nitrogen and oxygen atoms in total. The van der Waals surface area contributed by atoms with Crippen molar-refractivity contribution in [2.24, 2.45) is 0 Å². The van der Waals surface area contributed by atoms with Crippen LogP contribution in [0.25, 0.3) is 0 Å². The average Bonchev–Trinajstić information content (AvgIpc) is 2.79. The van der Waals surface area contributed by atoms with E-state index in [1.807, 2.05) is 0 Å². The number of aliphatic hydroxyl groups excluding tert-OH is 9. The van der Waals surface area contributed by atoms with Crippen molar-refractivity contribution in [1.29, 1.82) is 0 Å². The molecule has 2 heterocycles. The highest BCUT2D eigenvalue weighted by molar-refractivity contribution is 5.90. The molecule has 0 aromatic heterocycles. The number of carbonyl (C=O) groups is 2. The first-order valence-corrected chi connectivity index (χ1v) is 10.4. The molecular weight excluding hydrogens is 468 g/mol. The number of ether oxygens (including phenoxy) is 3. The van der Waals surface area contributed by atoms with Gasteiger partial charge in [-0.2, -0.15) is 0 Å². The summed E-state index contributed by atoms with van der Waals surface area (Å²) in [6, 6.07) is 0. The first-order valence-electron chi connectivity index (χ1n) is 10.4. The molecule has 2 aliphatic rings. The summed E-state index contributed by atoms with van der Waals surface area (Å²) in [5.41, 5.74) is -6.44. The van der Waals surface area contributed by atoms with Crippen LogP contribution in [-0.4, -0.2) is 155 Å². The van der Waals surface area contributed by atoms with Gasteiger partial charge in [-0.05, 0) is 6.92 Å². The molecule has 0 spiro atoms. The van der Waals surface area contributed by atoms with Gasteiger partial charge in [-0.1, -0.05) is 0 Å². The summed E-state index contributed by atoms with van der Waals surface area (Å²) in [5, 5.41) is 103. The largest absolute Gasteiger partial charge is 0.445 e. The number of esters is 1. The Morgan fingerprint density at radius 2 is 1.15 bits per heavy atom. The fraction of sp³-hybridized carbons (Fsp3) is 0.895. The molecule has 2 saturated heterocycles. The van der Waals surface area contributed by atoms with Gasteiger partial charge < -0.3 is 65.3 Å². The van der Waals surface area contributed by atoms with Gasteiger partial charge in [0.25, 0.3) is 0 Å². The van der Waals surface area contributed by atoms with Gasteiger partial charge in [0.1, 0.15) is 61.0 Å². The van der Waals surface area contributed by atoms with E-state index >= 15 is 0 Å². The standard InChI is InChI=1S/C19H32O15/c1-6(23)19(34-7(2)24,17-15(30)13(28)11(26)9(4-21)33-17)18(31,5-22)16-14(29)12(27)10(25)8(3-20)32-16/h8-17,20-22,25-31H,3-5H2,1-2H3/t8-,9-,10+,11+,12+,13+,14-,15-,16?,17?,18?,19?/m1/s1. The number of Topliss-reactive ketones (excluding diaryl/α,β-unsaturated/α-hetero) is 1. The Morgan fingerprint density at radius 3 is 1.50 bits per heavy atom. The van der Waals surface area contributed by atoms with E-state index in [-0.39, 0.29) is 0 Å². The van der Waals surface area contributed by atoms with Crippen molar-refractivity contribution < 1.29 is 74.9 Å². The normalized spacial score (nSPS) is 42.4. The van der Waals surface area contributed by atoms with Gasteiger partial charge in [0.2, 0.25) is 5.60 Å². The lowest BCUT2D eigenvalue weighted by molar-refractivity contribution is -0.338. The minimum atomic E-state index is -3.26. The van der Waals surface area contributed by atoms with E-state index in [1.165, 1.54) is 0 Å². The van der Waals surface area contributed by atoms with Crippen molar-refractivity contribution >= 4 is 11.8 Å². The molecule has 0 aliphatic carbocycles. The minimum Gasteiger partial charge on any atom is -0.445 e. The van der Waals surface area contributed by atoms with Crippen LogP contribution in [0.5, 0.6) is 0 Å². The molecule has 10 N–H and O–H groups in total. The third-order valence-electron chi connectivity index (χ3n) is 6.37. The number of hydrogen-bond donors (Lipinski definition) is 10. The third-order valence-corrected chi connectivity index (χ3v) is 6.37. The fourth-order valence-electron chi connectivity index (χ4n) is 4.55. The number of carbonyl (C=O) groups excluding carboxylic acids is 2. The van der Waals surface area contributed by atoms with Crippen molar-refractivity contribution in [3.63, 3.8) is 0 Å². The molecule has 15 heteroatoms. The van der Waals surface area contributed by atoms with E-state index < -0.39 is 104 Å². The maximum absolute atomic E-state index is 13.0. The molecule has 0 radical (unpaired) electrons. The van der Waals surface area contributed by atoms with E-state index in [1.54, 1.807) is 0 Å². The molecule has 34 heavy (non-hydrogen) atoms. The SMILES string of the molecule is CC(=O)OC(C(C)=O)(C1O[C@H](CO)[C@H](O)[C@H](O)[C@H]1O)C(O)(CO)C1O[C@H](CO)[C@H](O)[C@H](O)[C@H]1O. The number of aliphatic hydroxyl groups is 10. The molecule has 198 valence electrons. The molecular formula is C19H32O15. The van der Waals surface area contributed by atoms with Crippen LogP contribution in [0.1, 0.15) is 13.8 Å². The maximum atomic E-state index is 13.0. The first kappa shape index (κ1) is 28.9. The van der Waals surface area contributed by atoms with Crippen LogP contribution in [0.15, 0.2) is 0 Å². The predicted molar refractivity (Wildman–Crippen MR) is 105 cm³/mol. The molecule has 0 aromatic carbocycles. The molecule has 0 saturated carbocycles. The Hall–Kier alpha value is -1.34. The van der Waals surface area contributed by atoms with Crippen LogP contribution in [0, 0.1) is 0 Å². The highest BCUT2D eigenvalue weighted by Gasteiger charge is 2.72. The van der Waals surface area contributed by atoms with Gasteiger partial charge in [-0.15, -0.1) is 0 Å². The Kier molecular flexibility index (Phi) is 9.12. The van der Waals surface area contributed by atoms with Crippen molar-refractivity contribution in [2.45, 2.75) is 86.1 Å². The molecule has 0 amide bonds. The number of hydrogen-bond acceptors (Lipinski definition) is 15. The van der Waals surface area contributed by atoms with E-state index in [0.29, 0.717) is 0 Å². The highest BCUT2D eigenvalue weighted by Crippen LogP contribution is 2.44. The fourth-order valence-corrected chi connectivity index (χ4v) is 4.55. The summed E-state index contributed by atoms with van der Waals surface area (Å²) in [5.74, 6) is -2.58. The molecule has 2 rings (SSSR count). The summed E-state index contributed by atoms with van der Waals surface area (Å²) in [4.78, 5) is 25.1. The number of ketones is 1. The quantitative estimate of drug-likeness (QED) is 0.139. The van der Waals surface area contributed by atoms with E-state index in [9.17, 15) is 60.7 Å². The second kappa shape index (κ2) is 10.7. The Morgan fingerprint density at radius 1 is 0.735 bits per heavy atom. The predicted octanol–water partition coefficient (Wildman–Crippen LogP) is -6.71. The molecule has 0 aromatic rings. The third kappa shape index (κ3) is 4.47. The minimum absolute atomic E-state index is 0.745. The van der Waals surface area contributed by atoms with Crippen LogP contribution in [0.2, 0.25) is 0 Å². The monoisotopic (exact) mass is 500 g/mol. The van der Waals surface area contributed by atoms with Crippen molar-refractivity contribution in [3.8, 4) is 0 Å². The summed E-state index contributed by atoms with van der Waals surface area (Å²) in [7, 11) is 0. The number of rotatable bonds is 8. The van der Waals surface area contributed by atoms with Crippen LogP contribution >= 0.6 is 0 Å². The summed E-state index contributed by atoms with van der Waals surface area (Å²) < 4.78 is 15.8. The smallest absolute Gasteiger partial charge is 0.303 e. The van der Waals surface area contributed by atoms with E-state index in [4.69, 9.17) is 14.2 Å². The van der Waals surface area contributed by atoms with Gasteiger partial charge in [0.15, 0.2) is 11.4 Å². The molecule has 12 atom stereocenters. The second-order valence-corrected chi connectivity index (χ2v) is 8.47. The summed E-state index contributed by atoms with van der Waals surface area (Å²) in [6.45, 7) is -1.95. The molecule has 2 aliphatic heterocycles. The molecule has 2 fully saturated rings. The lowest BCUT2D eigenvalue weighted by Gasteiger charge is -2.56. The van der Waals surface area contributed by atoms with Crippen LogP contribution < -0.4 is 0 Å². The zero-order chi connectivity index (χ0) is 26.2. The first-order chi connectivity index (χ1) is 15.7. The maximum Gasteiger partial charge on any atom is 0.303 e. The van der Waals surface area contributed by atoms with Crippen LogP contribution in [-0.2, 0) is 23.8 Å². The lowest BCUT2D eigenvalue weighted by Crippen LogP contribution is -2.81. The van der Waals surface area contributed by atoms with Crippen LogP contribution in [0.4, 0.5) is 0 Å². The second-order valence-electron chi connectivity index (χ2n) is 8.47. The van der Waals surface area contributed by atoms with Crippen LogP contribution in [0.3, 0.4) is 0 Å². The van der Waals surface area contributed by atoms with Crippen molar-refractivity contribution in [1.82, 2.24) is 0 Å². The highest BCUT2D eigenvalue weighted by atomic mass is 16.6. The summed E-state index contributed by atoms with van der Waals surface area (Å²) in [6.07, 6.45) is -20.3. The van der Waals surface area contributed by atoms with E-state index in [2.05, 4.69) is 0 Å². The van der Waals surface area contributed by atoms with Gasteiger partial charge in [-0.3, -0.25) is 9.59 Å². The van der Waals surface area contributed by atoms with Crippen molar-refractivity contribution in [2.75, 3.05) is 19.8 Å². The Balaban J connectivity index is 2.76. The lowest BCUT2D eigenvalue weighted by atomic mass is 9.67. The van der Waals surface area contributed by atoms with Gasteiger partial charge >= 0.3 is 5.97 Å².